The quantitative estimate of drug-likeness (QED) is 0.683. The molecule has 0 spiro atoms. The van der Waals surface area contributed by atoms with E-state index < -0.39 is 5.56 Å². The van der Waals surface area contributed by atoms with Gasteiger partial charge in [0.15, 0.2) is 5.76 Å². The molecule has 7 heteroatoms. The first-order chi connectivity index (χ1) is 11.1. The number of aryl methyl sites for hydroxylation is 1. The van der Waals surface area contributed by atoms with Crippen LogP contribution >= 0.6 is 0 Å². The van der Waals surface area contributed by atoms with Crippen LogP contribution in [0.15, 0.2) is 45.7 Å². The third kappa shape index (κ3) is 2.91. The number of benzene rings is 1. The number of aromatic amines is 1. The molecule has 2 heterocycles. The van der Waals surface area contributed by atoms with E-state index in [-0.39, 0.29) is 11.3 Å². The van der Waals surface area contributed by atoms with Crippen LogP contribution in [0.5, 0.6) is 0 Å². The first kappa shape index (κ1) is 14.4. The molecule has 114 valence electrons. The third-order valence-electron chi connectivity index (χ3n) is 3.25. The van der Waals surface area contributed by atoms with Gasteiger partial charge in [0, 0.05) is 23.4 Å². The number of pyridine rings is 1. The van der Waals surface area contributed by atoms with Crippen LogP contribution in [-0.4, -0.2) is 10.1 Å². The number of nitrogens with two attached hydrogens (primary N) is 1. The Morgan fingerprint density at radius 1 is 1.30 bits per heavy atom. The van der Waals surface area contributed by atoms with E-state index in [0.29, 0.717) is 11.6 Å². The molecule has 0 aliphatic carbocycles. The Kier molecular flexibility index (Phi) is 3.57. The minimum atomic E-state index is -0.524. The zero-order chi connectivity index (χ0) is 16.4. The van der Waals surface area contributed by atoms with Gasteiger partial charge in [-0.15, -0.1) is 0 Å². The molecule has 2 aromatic heterocycles. The van der Waals surface area contributed by atoms with E-state index >= 15 is 0 Å². The Labute approximate surface area is 131 Å². The lowest BCUT2D eigenvalue weighted by atomic mass is 10.1. The lowest BCUT2D eigenvalue weighted by Crippen LogP contribution is -2.14. The topological polar surface area (TPSA) is 121 Å². The van der Waals surface area contributed by atoms with E-state index in [2.05, 4.69) is 15.5 Å². The van der Waals surface area contributed by atoms with E-state index in [1.165, 1.54) is 6.07 Å². The summed E-state index contributed by atoms with van der Waals surface area (Å²) in [6.07, 6.45) is 0. The predicted molar refractivity (Wildman–Crippen MR) is 86.1 cm³/mol. The number of nitriles is 1. The highest BCUT2D eigenvalue weighted by Crippen LogP contribution is 2.23. The van der Waals surface area contributed by atoms with Gasteiger partial charge in [-0.05, 0) is 31.2 Å². The maximum absolute atomic E-state index is 11.7. The van der Waals surface area contributed by atoms with Crippen molar-refractivity contribution in [2.24, 2.45) is 0 Å². The first-order valence-corrected chi connectivity index (χ1v) is 6.80. The first-order valence-electron chi connectivity index (χ1n) is 6.80. The van der Waals surface area contributed by atoms with Gasteiger partial charge in [0.2, 0.25) is 0 Å². The monoisotopic (exact) mass is 307 g/mol. The van der Waals surface area contributed by atoms with Gasteiger partial charge in [-0.2, -0.15) is 5.26 Å². The van der Waals surface area contributed by atoms with E-state index in [4.69, 9.17) is 15.5 Å². The number of nitrogen functional groups attached to an aromatic ring is 1. The molecule has 4 N–H and O–H groups in total. The summed E-state index contributed by atoms with van der Waals surface area (Å²) in [5.41, 5.74) is 7.66. The molecule has 0 unspecified atom stereocenters. The molecular formula is C16H13N5O2. The standard InChI is InChI=1S/C16H13N5O2/c1-9-6-14(23-21-9)10-2-4-11(5-3-10)19-15-7-13(18)12(8-17)16(22)20-15/h2-7H,1H3,(H4,18,19,20,22). The number of nitrogens with zero attached hydrogens (tertiary/aromatic N) is 2. The fourth-order valence-electron chi connectivity index (χ4n) is 2.14. The second-order valence-electron chi connectivity index (χ2n) is 4.99. The van der Waals surface area contributed by atoms with Crippen LogP contribution in [0.1, 0.15) is 11.3 Å². The second-order valence-corrected chi connectivity index (χ2v) is 4.99. The van der Waals surface area contributed by atoms with E-state index in [9.17, 15) is 4.79 Å². The van der Waals surface area contributed by atoms with Crippen molar-refractivity contribution in [2.45, 2.75) is 6.92 Å². The fourth-order valence-corrected chi connectivity index (χ4v) is 2.14. The van der Waals surface area contributed by atoms with Crippen LogP contribution in [0.3, 0.4) is 0 Å². The number of hydrogen-bond donors (Lipinski definition) is 3. The van der Waals surface area contributed by atoms with Crippen molar-refractivity contribution in [3.8, 4) is 17.4 Å². The van der Waals surface area contributed by atoms with Gasteiger partial charge in [-0.25, -0.2) is 0 Å². The Bertz CT molecular complexity index is 948. The molecule has 3 rings (SSSR count). The molecule has 0 amide bonds. The van der Waals surface area contributed by atoms with Gasteiger partial charge >= 0.3 is 0 Å². The van der Waals surface area contributed by atoms with Gasteiger partial charge in [0.25, 0.3) is 5.56 Å². The molecule has 0 aliphatic rings. The van der Waals surface area contributed by atoms with Crippen LogP contribution in [0.2, 0.25) is 0 Å². The second kappa shape index (κ2) is 5.69. The number of hydrogen-bond acceptors (Lipinski definition) is 6. The molecule has 7 nitrogen and oxygen atoms in total. The lowest BCUT2D eigenvalue weighted by molar-refractivity contribution is 0.427. The van der Waals surface area contributed by atoms with Crippen molar-refractivity contribution in [1.29, 1.82) is 5.26 Å². The molecule has 0 atom stereocenters. The van der Waals surface area contributed by atoms with Crippen molar-refractivity contribution in [3.05, 3.63) is 58.0 Å². The van der Waals surface area contributed by atoms with Crippen LogP contribution in [0.4, 0.5) is 17.2 Å². The van der Waals surface area contributed by atoms with Crippen molar-refractivity contribution < 1.29 is 4.52 Å². The molecule has 1 aromatic carbocycles. The summed E-state index contributed by atoms with van der Waals surface area (Å²) >= 11 is 0. The minimum absolute atomic E-state index is 0.0911. The lowest BCUT2D eigenvalue weighted by Gasteiger charge is -2.08. The summed E-state index contributed by atoms with van der Waals surface area (Å²) in [6.45, 7) is 1.86. The Balaban J connectivity index is 1.84. The zero-order valence-corrected chi connectivity index (χ0v) is 12.3. The summed E-state index contributed by atoms with van der Waals surface area (Å²) < 4.78 is 5.20. The molecule has 3 aromatic rings. The number of nitrogens with one attached hydrogen (secondary N) is 2. The summed E-state index contributed by atoms with van der Waals surface area (Å²) in [6, 6.07) is 12.5. The Hall–Kier alpha value is -3.53. The number of rotatable bonds is 3. The number of H-pyrrole nitrogens is 1. The van der Waals surface area contributed by atoms with Gasteiger partial charge in [-0.1, -0.05) is 5.16 Å². The largest absolute Gasteiger partial charge is 0.397 e. The normalized spacial score (nSPS) is 10.3. The highest BCUT2D eigenvalue weighted by Gasteiger charge is 2.07. The van der Waals surface area contributed by atoms with Crippen LogP contribution in [0.25, 0.3) is 11.3 Å². The van der Waals surface area contributed by atoms with Crippen LogP contribution < -0.4 is 16.6 Å². The molecule has 0 saturated carbocycles. The summed E-state index contributed by atoms with van der Waals surface area (Å²) in [7, 11) is 0. The third-order valence-corrected chi connectivity index (χ3v) is 3.25. The molecule has 0 radical (unpaired) electrons. The summed E-state index contributed by atoms with van der Waals surface area (Å²) in [5, 5.41) is 15.7. The number of aromatic nitrogens is 2. The fraction of sp³-hybridized carbons (Fsp3) is 0.0625. The van der Waals surface area contributed by atoms with Gasteiger partial charge < -0.3 is 20.6 Å². The zero-order valence-electron chi connectivity index (χ0n) is 12.3. The summed E-state index contributed by atoms with van der Waals surface area (Å²) in [4.78, 5) is 14.3. The SMILES string of the molecule is Cc1cc(-c2ccc(Nc3cc(N)c(C#N)c(=O)[nH]3)cc2)on1. The van der Waals surface area contributed by atoms with Gasteiger partial charge in [0.05, 0.1) is 11.4 Å². The van der Waals surface area contributed by atoms with Gasteiger partial charge in [0.1, 0.15) is 17.5 Å². The van der Waals surface area contributed by atoms with Crippen molar-refractivity contribution in [1.82, 2.24) is 10.1 Å². The van der Waals surface area contributed by atoms with Crippen molar-refractivity contribution in [3.63, 3.8) is 0 Å². The molecular weight excluding hydrogens is 294 g/mol. The molecule has 23 heavy (non-hydrogen) atoms. The van der Waals surface area contributed by atoms with E-state index in [1.54, 1.807) is 6.07 Å². The average molecular weight is 307 g/mol. The predicted octanol–water partition coefficient (Wildman–Crippen LogP) is 2.54. The molecule has 0 saturated heterocycles. The summed E-state index contributed by atoms with van der Waals surface area (Å²) in [5.74, 6) is 1.10. The maximum Gasteiger partial charge on any atom is 0.269 e. The van der Waals surface area contributed by atoms with Crippen LogP contribution in [0, 0.1) is 18.3 Å². The van der Waals surface area contributed by atoms with Crippen molar-refractivity contribution >= 4 is 17.2 Å². The molecule has 0 aliphatic heterocycles. The van der Waals surface area contributed by atoms with E-state index in [1.807, 2.05) is 37.3 Å². The Morgan fingerprint density at radius 3 is 2.61 bits per heavy atom. The van der Waals surface area contributed by atoms with Gasteiger partial charge in [-0.3, -0.25) is 4.79 Å². The van der Waals surface area contributed by atoms with Crippen LogP contribution in [-0.2, 0) is 0 Å². The molecule has 0 fully saturated rings. The maximum atomic E-state index is 11.7. The number of anilines is 3. The minimum Gasteiger partial charge on any atom is -0.397 e. The highest BCUT2D eigenvalue weighted by molar-refractivity contribution is 5.67. The van der Waals surface area contributed by atoms with E-state index in [0.717, 1.165) is 16.9 Å². The molecule has 0 bridgehead atoms. The smallest absolute Gasteiger partial charge is 0.269 e. The average Bonchev–Trinajstić information content (AvgIpc) is 2.94. The highest BCUT2D eigenvalue weighted by atomic mass is 16.5. The van der Waals surface area contributed by atoms with Crippen molar-refractivity contribution in [2.75, 3.05) is 11.1 Å². The Morgan fingerprint density at radius 2 is 2.04 bits per heavy atom.